The van der Waals surface area contributed by atoms with Gasteiger partial charge in [-0.3, -0.25) is 14.2 Å². The summed E-state index contributed by atoms with van der Waals surface area (Å²) in [5.74, 6) is -1.94. The van der Waals surface area contributed by atoms with Crippen LogP contribution in [-0.2, 0) is 12.4 Å². The number of amides is 1. The monoisotopic (exact) mass is 452 g/mol. The Morgan fingerprint density at radius 1 is 0.781 bits per heavy atom. The second-order valence-corrected chi connectivity index (χ2v) is 6.81. The van der Waals surface area contributed by atoms with Crippen molar-refractivity contribution in [2.45, 2.75) is 19.3 Å². The molecule has 2 aromatic carbocycles. The molecular weight excluding hydrogens is 438 g/mol. The Balaban J connectivity index is 2.07. The second kappa shape index (κ2) is 8.45. The van der Waals surface area contributed by atoms with Crippen LogP contribution in [0, 0.1) is 6.92 Å². The van der Waals surface area contributed by atoms with E-state index >= 15 is 0 Å². The van der Waals surface area contributed by atoms with E-state index in [1.165, 1.54) is 24.4 Å². The number of benzene rings is 2. The van der Waals surface area contributed by atoms with E-state index in [9.17, 15) is 35.9 Å². The number of alkyl halides is 6. The SMILES string of the molecule is Cc1ccc(=NC(=O)c2cccc(C(F)(F)F)c2)n(C(=O)c2cccc(C(F)(F)F)c2)c1. The van der Waals surface area contributed by atoms with Gasteiger partial charge in [0.2, 0.25) is 0 Å². The first-order valence-electron chi connectivity index (χ1n) is 9.04. The molecule has 0 unspecified atom stereocenters. The molecule has 0 spiro atoms. The molecule has 0 aliphatic rings. The number of carbonyl (C=O) groups is 2. The summed E-state index contributed by atoms with van der Waals surface area (Å²) in [6, 6.07) is 10.1. The van der Waals surface area contributed by atoms with Gasteiger partial charge in [-0.2, -0.15) is 31.3 Å². The number of pyridine rings is 1. The van der Waals surface area contributed by atoms with Crippen molar-refractivity contribution in [2.24, 2.45) is 4.99 Å². The van der Waals surface area contributed by atoms with Gasteiger partial charge in [0.05, 0.1) is 11.1 Å². The lowest BCUT2D eigenvalue weighted by atomic mass is 10.1. The van der Waals surface area contributed by atoms with Crippen LogP contribution >= 0.6 is 0 Å². The van der Waals surface area contributed by atoms with Gasteiger partial charge in [0.15, 0.2) is 0 Å². The molecule has 1 amide bonds. The first-order valence-corrected chi connectivity index (χ1v) is 9.04. The Morgan fingerprint density at radius 2 is 1.31 bits per heavy atom. The highest BCUT2D eigenvalue weighted by molar-refractivity contribution is 5.97. The summed E-state index contributed by atoms with van der Waals surface area (Å²) < 4.78 is 78.6. The first kappa shape index (κ1) is 23.0. The zero-order valence-electron chi connectivity index (χ0n) is 16.3. The zero-order valence-corrected chi connectivity index (χ0v) is 16.3. The molecule has 0 saturated heterocycles. The number of hydrogen-bond acceptors (Lipinski definition) is 2. The third-order valence-corrected chi connectivity index (χ3v) is 4.38. The fraction of sp³-hybridized carbons (Fsp3) is 0.136. The van der Waals surface area contributed by atoms with Crippen LogP contribution in [0.15, 0.2) is 71.9 Å². The molecule has 0 aliphatic carbocycles. The largest absolute Gasteiger partial charge is 0.416 e. The quantitative estimate of drug-likeness (QED) is 0.498. The van der Waals surface area contributed by atoms with E-state index in [-0.39, 0.29) is 16.6 Å². The smallest absolute Gasteiger partial charge is 0.268 e. The highest BCUT2D eigenvalue weighted by Gasteiger charge is 2.32. The van der Waals surface area contributed by atoms with Gasteiger partial charge in [0.25, 0.3) is 11.8 Å². The van der Waals surface area contributed by atoms with Gasteiger partial charge in [0, 0.05) is 17.3 Å². The number of nitrogens with zero attached hydrogens (tertiary/aromatic N) is 2. The van der Waals surface area contributed by atoms with Gasteiger partial charge in [-0.1, -0.05) is 18.2 Å². The van der Waals surface area contributed by atoms with E-state index in [0.29, 0.717) is 17.7 Å². The highest BCUT2D eigenvalue weighted by atomic mass is 19.4. The minimum atomic E-state index is -4.67. The van der Waals surface area contributed by atoms with Crippen molar-refractivity contribution in [3.63, 3.8) is 0 Å². The molecule has 1 aromatic heterocycles. The number of halogens is 6. The van der Waals surface area contributed by atoms with Crippen LogP contribution in [0.2, 0.25) is 0 Å². The third-order valence-electron chi connectivity index (χ3n) is 4.38. The normalized spacial score (nSPS) is 12.7. The van der Waals surface area contributed by atoms with Crippen molar-refractivity contribution in [1.82, 2.24) is 4.57 Å². The van der Waals surface area contributed by atoms with E-state index < -0.39 is 35.3 Å². The highest BCUT2D eigenvalue weighted by Crippen LogP contribution is 2.30. The van der Waals surface area contributed by atoms with Gasteiger partial charge in [-0.05, 0) is 55.0 Å². The predicted molar refractivity (Wildman–Crippen MR) is 102 cm³/mol. The molecule has 166 valence electrons. The zero-order chi connectivity index (χ0) is 23.7. The van der Waals surface area contributed by atoms with Crippen LogP contribution in [-0.4, -0.2) is 16.4 Å². The van der Waals surface area contributed by atoms with Crippen LogP contribution in [0.3, 0.4) is 0 Å². The summed E-state index contributed by atoms with van der Waals surface area (Å²) in [6.07, 6.45) is -8.07. The van der Waals surface area contributed by atoms with Crippen LogP contribution in [0.1, 0.15) is 37.4 Å². The molecule has 1 heterocycles. The van der Waals surface area contributed by atoms with Crippen molar-refractivity contribution >= 4 is 11.8 Å². The predicted octanol–water partition coefficient (Wildman–Crippen LogP) is 5.26. The Labute approximate surface area is 177 Å². The van der Waals surface area contributed by atoms with E-state index in [0.717, 1.165) is 34.9 Å². The lowest BCUT2D eigenvalue weighted by molar-refractivity contribution is -0.138. The van der Waals surface area contributed by atoms with Crippen molar-refractivity contribution in [2.75, 3.05) is 0 Å². The molecule has 32 heavy (non-hydrogen) atoms. The number of aromatic nitrogens is 1. The molecule has 0 radical (unpaired) electrons. The summed E-state index contributed by atoms with van der Waals surface area (Å²) in [5.41, 5.74) is -2.46. The number of hydrogen-bond donors (Lipinski definition) is 0. The summed E-state index contributed by atoms with van der Waals surface area (Å²) in [7, 11) is 0. The van der Waals surface area contributed by atoms with Crippen LogP contribution in [0.25, 0.3) is 0 Å². The minimum Gasteiger partial charge on any atom is -0.268 e. The Hall–Kier alpha value is -3.69. The maximum Gasteiger partial charge on any atom is 0.416 e. The average molecular weight is 452 g/mol. The topological polar surface area (TPSA) is 51.4 Å². The molecule has 3 aromatic rings. The minimum absolute atomic E-state index is 0.250. The van der Waals surface area contributed by atoms with Crippen LogP contribution in [0.5, 0.6) is 0 Å². The van der Waals surface area contributed by atoms with Gasteiger partial charge < -0.3 is 0 Å². The van der Waals surface area contributed by atoms with Crippen molar-refractivity contribution in [3.05, 3.63) is 100 Å². The Bertz CT molecular complexity index is 1260. The summed E-state index contributed by atoms with van der Waals surface area (Å²) in [6.45, 7) is 1.61. The van der Waals surface area contributed by atoms with Crippen molar-refractivity contribution in [1.29, 1.82) is 0 Å². The molecular formula is C22H14F6N2O2. The Morgan fingerprint density at radius 3 is 1.88 bits per heavy atom. The summed E-state index contributed by atoms with van der Waals surface area (Å²) in [5, 5.41) is 0. The van der Waals surface area contributed by atoms with Crippen LogP contribution in [0.4, 0.5) is 26.3 Å². The lowest BCUT2D eigenvalue weighted by Gasteiger charge is -2.11. The molecule has 0 fully saturated rings. The van der Waals surface area contributed by atoms with Crippen molar-refractivity contribution < 1.29 is 35.9 Å². The summed E-state index contributed by atoms with van der Waals surface area (Å²) in [4.78, 5) is 29.1. The van der Waals surface area contributed by atoms with Gasteiger partial charge in [0.1, 0.15) is 5.49 Å². The first-order chi connectivity index (χ1) is 14.9. The van der Waals surface area contributed by atoms with E-state index in [4.69, 9.17) is 0 Å². The molecule has 0 aliphatic heterocycles. The molecule has 0 bridgehead atoms. The third kappa shape index (κ3) is 5.13. The molecule has 10 heteroatoms. The van der Waals surface area contributed by atoms with E-state index in [1.54, 1.807) is 6.92 Å². The fourth-order valence-electron chi connectivity index (χ4n) is 2.82. The number of carbonyl (C=O) groups excluding carboxylic acids is 2. The van der Waals surface area contributed by atoms with Gasteiger partial charge in [-0.15, -0.1) is 0 Å². The number of rotatable bonds is 2. The van der Waals surface area contributed by atoms with E-state index in [2.05, 4.69) is 4.99 Å². The van der Waals surface area contributed by atoms with E-state index in [1.807, 2.05) is 0 Å². The molecule has 3 rings (SSSR count). The standard InChI is InChI=1S/C22H14F6N2O2/c1-13-8-9-18(29-19(31)14-4-2-6-16(10-14)21(23,24)25)30(12-13)20(32)15-5-3-7-17(11-15)22(26,27)28/h2-12H,1H3. The average Bonchev–Trinajstić information content (AvgIpc) is 2.73. The molecule has 4 nitrogen and oxygen atoms in total. The molecule has 0 atom stereocenters. The maximum atomic E-state index is 13.0. The van der Waals surface area contributed by atoms with Gasteiger partial charge in [-0.25, -0.2) is 0 Å². The lowest BCUT2D eigenvalue weighted by Crippen LogP contribution is -2.29. The molecule has 0 N–H and O–H groups in total. The summed E-state index contributed by atoms with van der Waals surface area (Å²) >= 11 is 0. The number of aryl methyl sites for hydroxylation is 1. The molecule has 0 saturated carbocycles. The maximum absolute atomic E-state index is 13.0. The van der Waals surface area contributed by atoms with Crippen molar-refractivity contribution in [3.8, 4) is 0 Å². The van der Waals surface area contributed by atoms with Crippen LogP contribution < -0.4 is 5.49 Å². The fourth-order valence-corrected chi connectivity index (χ4v) is 2.82. The Kier molecular flexibility index (Phi) is 6.07. The second-order valence-electron chi connectivity index (χ2n) is 6.81. The van der Waals surface area contributed by atoms with Gasteiger partial charge >= 0.3 is 12.4 Å².